The number of ether oxygens (including phenoxy) is 2. The molecule has 0 bridgehead atoms. The third-order valence-corrected chi connectivity index (χ3v) is 3.84. The number of piperidine rings is 1. The van der Waals surface area contributed by atoms with E-state index in [0.717, 1.165) is 18.5 Å². The molecule has 0 spiro atoms. The maximum Gasteiger partial charge on any atom is 0.311 e. The van der Waals surface area contributed by atoms with Crippen LogP contribution in [-0.4, -0.2) is 37.7 Å². The monoisotopic (exact) mass is 308 g/mol. The molecule has 7 nitrogen and oxygen atoms in total. The second kappa shape index (κ2) is 7.11. The van der Waals surface area contributed by atoms with Crippen LogP contribution in [-0.2, 0) is 9.53 Å². The van der Waals surface area contributed by atoms with E-state index in [1.54, 1.807) is 19.1 Å². The van der Waals surface area contributed by atoms with Crippen molar-refractivity contribution in [3.63, 3.8) is 0 Å². The number of hydrogen-bond donors (Lipinski definition) is 0. The topological polar surface area (TPSA) is 81.9 Å². The van der Waals surface area contributed by atoms with Gasteiger partial charge in [0.1, 0.15) is 0 Å². The molecular weight excluding hydrogens is 288 g/mol. The number of anilines is 1. The van der Waals surface area contributed by atoms with Gasteiger partial charge in [-0.1, -0.05) is 0 Å². The standard InChI is InChI=1S/C15H20N2O5/c1-3-22-15(18)11-6-8-16(9-7-11)12-4-5-13(17(19)20)14(10-12)21-2/h4-5,10-11H,3,6-9H2,1-2H3. The van der Waals surface area contributed by atoms with E-state index in [4.69, 9.17) is 9.47 Å². The maximum absolute atomic E-state index is 11.7. The van der Waals surface area contributed by atoms with Gasteiger partial charge in [-0.2, -0.15) is 0 Å². The van der Waals surface area contributed by atoms with E-state index in [1.807, 2.05) is 0 Å². The zero-order valence-electron chi connectivity index (χ0n) is 12.8. The first-order valence-corrected chi connectivity index (χ1v) is 7.30. The Morgan fingerprint density at radius 1 is 1.41 bits per heavy atom. The van der Waals surface area contributed by atoms with Gasteiger partial charge in [0.2, 0.25) is 0 Å². The van der Waals surface area contributed by atoms with Crippen LogP contribution in [0.2, 0.25) is 0 Å². The van der Waals surface area contributed by atoms with E-state index in [-0.39, 0.29) is 23.3 Å². The molecule has 1 aromatic carbocycles. The van der Waals surface area contributed by atoms with Gasteiger partial charge in [0.25, 0.3) is 0 Å². The van der Waals surface area contributed by atoms with Crippen molar-refractivity contribution in [2.75, 3.05) is 31.7 Å². The van der Waals surface area contributed by atoms with Crippen molar-refractivity contribution in [3.05, 3.63) is 28.3 Å². The van der Waals surface area contributed by atoms with Gasteiger partial charge >= 0.3 is 11.7 Å². The summed E-state index contributed by atoms with van der Waals surface area (Å²) < 4.78 is 10.1. The van der Waals surface area contributed by atoms with Crippen molar-refractivity contribution < 1.29 is 19.2 Å². The smallest absolute Gasteiger partial charge is 0.311 e. The number of hydrogen-bond acceptors (Lipinski definition) is 6. The summed E-state index contributed by atoms with van der Waals surface area (Å²) in [7, 11) is 1.42. The second-order valence-corrected chi connectivity index (χ2v) is 5.13. The van der Waals surface area contributed by atoms with Gasteiger partial charge in [0.05, 0.1) is 24.6 Å². The fraction of sp³-hybridized carbons (Fsp3) is 0.533. The summed E-state index contributed by atoms with van der Waals surface area (Å²) in [5.41, 5.74) is 0.817. The van der Waals surface area contributed by atoms with Crippen LogP contribution in [0.25, 0.3) is 0 Å². The fourth-order valence-electron chi connectivity index (χ4n) is 2.65. The molecule has 1 fully saturated rings. The Kier molecular flexibility index (Phi) is 5.19. The van der Waals surface area contributed by atoms with Gasteiger partial charge < -0.3 is 14.4 Å². The number of rotatable bonds is 5. The quantitative estimate of drug-likeness (QED) is 0.472. The lowest BCUT2D eigenvalue weighted by Crippen LogP contribution is -2.37. The molecule has 1 aliphatic rings. The van der Waals surface area contributed by atoms with Gasteiger partial charge in [0.15, 0.2) is 5.75 Å². The summed E-state index contributed by atoms with van der Waals surface area (Å²) in [4.78, 5) is 24.3. The van der Waals surface area contributed by atoms with Crippen molar-refractivity contribution in [3.8, 4) is 5.75 Å². The molecule has 0 saturated carbocycles. The van der Waals surface area contributed by atoms with Crippen LogP contribution in [0.15, 0.2) is 18.2 Å². The predicted octanol–water partition coefficient (Wildman–Crippen LogP) is 2.38. The Hall–Kier alpha value is -2.31. The van der Waals surface area contributed by atoms with Crippen LogP contribution in [0.4, 0.5) is 11.4 Å². The average molecular weight is 308 g/mol. The summed E-state index contributed by atoms with van der Waals surface area (Å²) in [6.45, 7) is 3.63. The van der Waals surface area contributed by atoms with Crippen LogP contribution in [0.1, 0.15) is 19.8 Å². The fourth-order valence-corrected chi connectivity index (χ4v) is 2.65. The molecule has 0 aromatic heterocycles. The number of benzene rings is 1. The minimum absolute atomic E-state index is 0.0485. The summed E-state index contributed by atoms with van der Waals surface area (Å²) in [6, 6.07) is 4.83. The van der Waals surface area contributed by atoms with E-state index in [9.17, 15) is 14.9 Å². The number of esters is 1. The molecule has 0 radical (unpaired) electrons. The van der Waals surface area contributed by atoms with Crippen LogP contribution in [0.5, 0.6) is 5.75 Å². The third-order valence-electron chi connectivity index (χ3n) is 3.84. The molecule has 1 saturated heterocycles. The highest BCUT2D eigenvalue weighted by Crippen LogP contribution is 2.33. The molecule has 1 aromatic rings. The zero-order chi connectivity index (χ0) is 16.1. The Morgan fingerprint density at radius 2 is 2.09 bits per heavy atom. The summed E-state index contributed by atoms with van der Waals surface area (Å²) in [5.74, 6) is 0.0505. The molecule has 0 atom stereocenters. The summed E-state index contributed by atoms with van der Waals surface area (Å²) >= 11 is 0. The number of nitrogens with zero attached hydrogens (tertiary/aromatic N) is 2. The van der Waals surface area contributed by atoms with Crippen LogP contribution in [0, 0.1) is 16.0 Å². The van der Waals surface area contributed by atoms with E-state index < -0.39 is 4.92 Å². The average Bonchev–Trinajstić information content (AvgIpc) is 2.54. The number of carbonyl (C=O) groups excluding carboxylic acids is 1. The number of nitro groups is 1. The van der Waals surface area contributed by atoms with Gasteiger partial charge in [-0.05, 0) is 25.8 Å². The van der Waals surface area contributed by atoms with Crippen molar-refractivity contribution in [2.24, 2.45) is 5.92 Å². The van der Waals surface area contributed by atoms with E-state index in [1.165, 1.54) is 13.2 Å². The highest BCUT2D eigenvalue weighted by atomic mass is 16.6. The summed E-state index contributed by atoms with van der Waals surface area (Å²) in [6.07, 6.45) is 1.44. The Morgan fingerprint density at radius 3 is 2.64 bits per heavy atom. The molecule has 0 aliphatic carbocycles. The zero-order valence-corrected chi connectivity index (χ0v) is 12.8. The molecule has 7 heteroatoms. The Labute approximate surface area is 129 Å². The molecule has 0 unspecified atom stereocenters. The molecule has 1 aliphatic heterocycles. The minimum atomic E-state index is -0.463. The molecule has 2 rings (SSSR count). The van der Waals surface area contributed by atoms with Gasteiger partial charge in [-0.3, -0.25) is 14.9 Å². The Balaban J connectivity index is 2.05. The van der Waals surface area contributed by atoms with E-state index in [2.05, 4.69) is 4.90 Å². The molecule has 22 heavy (non-hydrogen) atoms. The van der Waals surface area contributed by atoms with Crippen LogP contribution >= 0.6 is 0 Å². The van der Waals surface area contributed by atoms with Gasteiger partial charge in [-0.25, -0.2) is 0 Å². The van der Waals surface area contributed by atoms with Crippen molar-refractivity contribution in [1.29, 1.82) is 0 Å². The highest BCUT2D eigenvalue weighted by molar-refractivity contribution is 5.73. The van der Waals surface area contributed by atoms with Gasteiger partial charge in [0, 0.05) is 30.9 Å². The first kappa shape index (κ1) is 16.1. The van der Waals surface area contributed by atoms with Crippen LogP contribution < -0.4 is 9.64 Å². The molecule has 120 valence electrons. The molecule has 1 heterocycles. The SMILES string of the molecule is CCOC(=O)C1CCN(c2ccc([N+](=O)[O-])c(OC)c2)CC1. The largest absolute Gasteiger partial charge is 0.490 e. The molecule has 0 amide bonds. The summed E-state index contributed by atoms with van der Waals surface area (Å²) in [5, 5.41) is 10.9. The number of carbonyl (C=O) groups is 1. The van der Waals surface area contributed by atoms with Crippen molar-refractivity contribution >= 4 is 17.3 Å². The Bertz CT molecular complexity index is 553. The van der Waals surface area contributed by atoms with E-state index >= 15 is 0 Å². The maximum atomic E-state index is 11.7. The lowest BCUT2D eigenvalue weighted by Gasteiger charge is -2.32. The predicted molar refractivity (Wildman–Crippen MR) is 81.2 cm³/mol. The number of methoxy groups -OCH3 is 1. The highest BCUT2D eigenvalue weighted by Gasteiger charge is 2.27. The van der Waals surface area contributed by atoms with Gasteiger partial charge in [-0.15, -0.1) is 0 Å². The minimum Gasteiger partial charge on any atom is -0.490 e. The van der Waals surface area contributed by atoms with E-state index in [0.29, 0.717) is 19.7 Å². The third kappa shape index (κ3) is 3.47. The van der Waals surface area contributed by atoms with Crippen molar-refractivity contribution in [1.82, 2.24) is 0 Å². The molecule has 0 N–H and O–H groups in total. The number of nitro benzene ring substituents is 1. The van der Waals surface area contributed by atoms with Crippen molar-refractivity contribution in [2.45, 2.75) is 19.8 Å². The first-order valence-electron chi connectivity index (χ1n) is 7.30. The lowest BCUT2D eigenvalue weighted by atomic mass is 9.96. The lowest BCUT2D eigenvalue weighted by molar-refractivity contribution is -0.385. The first-order chi connectivity index (χ1) is 10.6. The second-order valence-electron chi connectivity index (χ2n) is 5.13. The van der Waals surface area contributed by atoms with Crippen LogP contribution in [0.3, 0.4) is 0 Å². The molecular formula is C15H20N2O5. The normalized spacial score (nSPS) is 15.5.